The predicted molar refractivity (Wildman–Crippen MR) is 134 cm³/mol. The molecule has 1 aliphatic rings. The zero-order valence-electron chi connectivity index (χ0n) is 19.6. The minimum absolute atomic E-state index is 0.187. The first-order valence-electron chi connectivity index (χ1n) is 11.8. The Bertz CT molecular complexity index is 1110. The molecular formula is C28H30N2O5. The van der Waals surface area contributed by atoms with Crippen molar-refractivity contribution >= 4 is 17.7 Å². The van der Waals surface area contributed by atoms with Gasteiger partial charge in [0.1, 0.15) is 24.5 Å². The second-order valence-corrected chi connectivity index (χ2v) is 8.64. The fraction of sp³-hybridized carbons (Fsp3) is 0.286. The van der Waals surface area contributed by atoms with Crippen molar-refractivity contribution in [2.45, 2.75) is 26.1 Å². The maximum Gasteiger partial charge on any atom is 0.407 e. The number of hydrogen-bond donors (Lipinski definition) is 2. The number of hydrogen-bond acceptors (Lipinski definition) is 5. The van der Waals surface area contributed by atoms with Crippen LogP contribution in [0.25, 0.3) is 0 Å². The van der Waals surface area contributed by atoms with E-state index in [4.69, 9.17) is 14.6 Å². The van der Waals surface area contributed by atoms with Crippen LogP contribution in [0.5, 0.6) is 5.75 Å². The molecule has 0 aliphatic carbocycles. The van der Waals surface area contributed by atoms with Crippen molar-refractivity contribution in [3.8, 4) is 5.75 Å². The number of rotatable bonds is 9. The van der Waals surface area contributed by atoms with Gasteiger partial charge >= 0.3 is 12.1 Å². The fourth-order valence-corrected chi connectivity index (χ4v) is 4.05. The summed E-state index contributed by atoms with van der Waals surface area (Å²) in [7, 11) is 0. The lowest BCUT2D eigenvalue weighted by molar-refractivity contribution is 0.0467. The van der Waals surface area contributed by atoms with Crippen LogP contribution in [-0.2, 0) is 18.0 Å². The van der Waals surface area contributed by atoms with Gasteiger partial charge in [0.15, 0.2) is 0 Å². The van der Waals surface area contributed by atoms with Gasteiger partial charge in [-0.05, 0) is 42.0 Å². The van der Waals surface area contributed by atoms with Crippen molar-refractivity contribution in [1.29, 1.82) is 0 Å². The molecule has 1 saturated heterocycles. The van der Waals surface area contributed by atoms with Gasteiger partial charge in [-0.3, -0.25) is 0 Å². The number of likely N-dealkylation sites (tertiary alicyclic amines) is 1. The predicted octanol–water partition coefficient (Wildman–Crippen LogP) is 5.42. The van der Waals surface area contributed by atoms with Crippen LogP contribution in [0.4, 0.5) is 10.5 Å². The summed E-state index contributed by atoms with van der Waals surface area (Å²) in [5.74, 6) is 0.400. The van der Waals surface area contributed by atoms with E-state index >= 15 is 0 Å². The Morgan fingerprint density at radius 2 is 1.51 bits per heavy atom. The van der Waals surface area contributed by atoms with E-state index in [-0.39, 0.29) is 6.61 Å². The molecule has 2 N–H and O–H groups in total. The number of nitrogens with one attached hydrogen (secondary N) is 1. The van der Waals surface area contributed by atoms with Gasteiger partial charge in [0.05, 0.1) is 0 Å². The average molecular weight is 475 g/mol. The number of benzene rings is 3. The summed E-state index contributed by atoms with van der Waals surface area (Å²) in [5, 5.41) is 12.6. The summed E-state index contributed by atoms with van der Waals surface area (Å²) in [5.41, 5.74) is 3.13. The highest BCUT2D eigenvalue weighted by Crippen LogP contribution is 2.27. The number of carbonyl (C=O) groups is 2. The molecule has 3 aromatic rings. The molecule has 1 aliphatic heterocycles. The average Bonchev–Trinajstić information content (AvgIpc) is 2.91. The quantitative estimate of drug-likeness (QED) is 0.403. The van der Waals surface area contributed by atoms with E-state index in [2.05, 4.69) is 5.32 Å². The lowest BCUT2D eigenvalue weighted by Gasteiger charge is -2.30. The minimum atomic E-state index is -0.855. The van der Waals surface area contributed by atoms with Gasteiger partial charge in [0.25, 0.3) is 0 Å². The first-order chi connectivity index (χ1) is 17.1. The number of esters is 1. The SMILES string of the molecule is O=C(OCc1ccccc1)c1ccc(NCC2CCN(C(=O)O)CC2)cc1OCc1ccccc1. The molecule has 182 valence electrons. The summed E-state index contributed by atoms with van der Waals surface area (Å²) in [6.45, 7) is 2.35. The number of carbonyl (C=O) groups excluding carboxylic acids is 1. The molecule has 0 atom stereocenters. The van der Waals surface area contributed by atoms with Crippen molar-refractivity contribution in [2.75, 3.05) is 25.0 Å². The number of piperidine rings is 1. The van der Waals surface area contributed by atoms with E-state index in [1.165, 1.54) is 4.90 Å². The third kappa shape index (κ3) is 6.99. The van der Waals surface area contributed by atoms with E-state index in [1.54, 1.807) is 6.07 Å². The highest BCUT2D eigenvalue weighted by molar-refractivity contribution is 5.93. The second-order valence-electron chi connectivity index (χ2n) is 8.64. The van der Waals surface area contributed by atoms with Crippen LogP contribution < -0.4 is 10.1 Å². The van der Waals surface area contributed by atoms with Crippen LogP contribution >= 0.6 is 0 Å². The molecule has 7 heteroatoms. The zero-order chi connectivity index (χ0) is 24.5. The number of nitrogens with zero attached hydrogens (tertiary/aromatic N) is 1. The molecule has 0 unspecified atom stereocenters. The third-order valence-electron chi connectivity index (χ3n) is 6.13. The molecule has 35 heavy (non-hydrogen) atoms. The third-order valence-corrected chi connectivity index (χ3v) is 6.13. The topological polar surface area (TPSA) is 88.1 Å². The van der Waals surface area contributed by atoms with E-state index < -0.39 is 12.1 Å². The van der Waals surface area contributed by atoms with Crippen molar-refractivity contribution in [3.63, 3.8) is 0 Å². The largest absolute Gasteiger partial charge is 0.488 e. The van der Waals surface area contributed by atoms with Gasteiger partial charge < -0.3 is 24.8 Å². The molecule has 0 aromatic heterocycles. The Balaban J connectivity index is 1.42. The van der Waals surface area contributed by atoms with Crippen LogP contribution in [0.2, 0.25) is 0 Å². The Kier molecular flexibility index (Phi) is 8.22. The van der Waals surface area contributed by atoms with Gasteiger partial charge in [-0.15, -0.1) is 0 Å². The van der Waals surface area contributed by atoms with Crippen molar-refractivity contribution in [2.24, 2.45) is 5.92 Å². The molecule has 1 amide bonds. The normalized spacial score (nSPS) is 13.8. The molecule has 4 rings (SSSR count). The van der Waals surface area contributed by atoms with Crippen LogP contribution in [0.1, 0.15) is 34.3 Å². The van der Waals surface area contributed by atoms with Crippen LogP contribution in [0.15, 0.2) is 78.9 Å². The summed E-state index contributed by atoms with van der Waals surface area (Å²) in [4.78, 5) is 25.5. The number of amides is 1. The lowest BCUT2D eigenvalue weighted by Crippen LogP contribution is -2.39. The number of anilines is 1. The Morgan fingerprint density at radius 3 is 2.14 bits per heavy atom. The first kappa shape index (κ1) is 24.1. The monoisotopic (exact) mass is 474 g/mol. The number of carboxylic acid groups (broad SMARTS) is 1. The van der Waals surface area contributed by atoms with Gasteiger partial charge in [-0.2, -0.15) is 0 Å². The highest BCUT2D eigenvalue weighted by atomic mass is 16.5. The lowest BCUT2D eigenvalue weighted by atomic mass is 9.97. The molecule has 7 nitrogen and oxygen atoms in total. The zero-order valence-corrected chi connectivity index (χ0v) is 19.6. The van der Waals surface area contributed by atoms with Crippen molar-refractivity contribution in [3.05, 3.63) is 95.6 Å². The van der Waals surface area contributed by atoms with E-state index in [0.29, 0.717) is 36.9 Å². The Labute approximate surface area is 205 Å². The highest BCUT2D eigenvalue weighted by Gasteiger charge is 2.22. The Morgan fingerprint density at radius 1 is 0.886 bits per heavy atom. The molecule has 3 aromatic carbocycles. The van der Waals surface area contributed by atoms with Crippen LogP contribution in [0, 0.1) is 5.92 Å². The van der Waals surface area contributed by atoms with E-state index in [1.807, 2.05) is 72.8 Å². The minimum Gasteiger partial charge on any atom is -0.488 e. The molecule has 0 bridgehead atoms. The van der Waals surface area contributed by atoms with E-state index in [9.17, 15) is 9.59 Å². The number of ether oxygens (including phenoxy) is 2. The summed E-state index contributed by atoms with van der Waals surface area (Å²) < 4.78 is 11.6. The van der Waals surface area contributed by atoms with Crippen molar-refractivity contribution in [1.82, 2.24) is 4.90 Å². The van der Waals surface area contributed by atoms with Gasteiger partial charge in [0, 0.05) is 31.4 Å². The maximum absolute atomic E-state index is 12.9. The first-order valence-corrected chi connectivity index (χ1v) is 11.8. The van der Waals surface area contributed by atoms with Gasteiger partial charge in [-0.25, -0.2) is 9.59 Å². The molecule has 0 saturated carbocycles. The van der Waals surface area contributed by atoms with Gasteiger partial charge in [-0.1, -0.05) is 60.7 Å². The summed E-state index contributed by atoms with van der Waals surface area (Å²) in [6.07, 6.45) is 0.785. The van der Waals surface area contributed by atoms with E-state index in [0.717, 1.165) is 36.2 Å². The molecule has 1 fully saturated rings. The Hall–Kier alpha value is -4.00. The smallest absolute Gasteiger partial charge is 0.407 e. The second kappa shape index (κ2) is 11.9. The van der Waals surface area contributed by atoms with Gasteiger partial charge in [0.2, 0.25) is 0 Å². The molecule has 1 heterocycles. The maximum atomic E-state index is 12.9. The summed E-state index contributed by atoms with van der Waals surface area (Å²) >= 11 is 0. The fourth-order valence-electron chi connectivity index (χ4n) is 4.05. The molecule has 0 radical (unpaired) electrons. The van der Waals surface area contributed by atoms with Crippen LogP contribution in [-0.4, -0.2) is 41.7 Å². The van der Waals surface area contributed by atoms with Crippen molar-refractivity contribution < 1.29 is 24.2 Å². The summed E-state index contributed by atoms with van der Waals surface area (Å²) in [6, 6.07) is 24.7. The van der Waals surface area contributed by atoms with Crippen LogP contribution in [0.3, 0.4) is 0 Å². The molecular weight excluding hydrogens is 444 g/mol. The molecule has 0 spiro atoms. The standard InChI is InChI=1S/C28H30N2O5/c31-27(35-20-23-9-5-2-6-10-23)25-12-11-24(17-26(25)34-19-22-7-3-1-4-8-22)29-18-21-13-15-30(16-14-21)28(32)33/h1-12,17,21,29H,13-16,18-20H2,(H,32,33).